The number of alkyl halides is 4. The Bertz CT molecular complexity index is 488. The fourth-order valence-electron chi connectivity index (χ4n) is 1.84. The van der Waals surface area contributed by atoms with Crippen LogP contribution >= 0.6 is 0 Å². The number of halogens is 5. The monoisotopic (exact) mass is 265 g/mol. The van der Waals surface area contributed by atoms with Crippen LogP contribution in [0.1, 0.15) is 5.56 Å². The Hall–Kier alpha value is -1.66. The average Bonchev–Trinajstić information content (AvgIpc) is 2.70. The molecule has 7 heteroatoms. The third-order valence-corrected chi connectivity index (χ3v) is 2.75. The first kappa shape index (κ1) is 12.8. The number of amides is 1. The molecule has 0 aromatic heterocycles. The Morgan fingerprint density at radius 3 is 2.61 bits per heavy atom. The van der Waals surface area contributed by atoms with E-state index in [1.165, 1.54) is 6.07 Å². The summed E-state index contributed by atoms with van der Waals surface area (Å²) in [6, 6.07) is 3.36. The molecule has 0 fully saturated rings. The molecule has 1 heterocycles. The predicted octanol–water partition coefficient (Wildman–Crippen LogP) is 2.62. The average molecular weight is 265 g/mol. The van der Waals surface area contributed by atoms with Crippen molar-refractivity contribution in [2.24, 2.45) is 0 Å². The van der Waals surface area contributed by atoms with Crippen LogP contribution < -0.4 is 4.90 Å². The van der Waals surface area contributed by atoms with Crippen LogP contribution in [-0.2, 0) is 11.2 Å². The maximum atomic E-state index is 13.0. The molecule has 98 valence electrons. The Morgan fingerprint density at radius 1 is 1.33 bits per heavy atom. The molecule has 1 aromatic carbocycles. The topological polar surface area (TPSA) is 20.3 Å². The number of nitrogens with zero attached hydrogens (tertiary/aromatic N) is 1. The maximum absolute atomic E-state index is 13.0. The first-order valence-electron chi connectivity index (χ1n) is 5.10. The Kier molecular flexibility index (Phi) is 3.00. The van der Waals surface area contributed by atoms with Crippen LogP contribution in [0.2, 0.25) is 0 Å². The summed E-state index contributed by atoms with van der Waals surface area (Å²) in [6.07, 6.45) is -3.84. The molecule has 0 radical (unpaired) electrons. The van der Waals surface area contributed by atoms with Crippen LogP contribution in [0.5, 0.6) is 0 Å². The van der Waals surface area contributed by atoms with E-state index < -0.39 is 24.1 Å². The highest BCUT2D eigenvalue weighted by Crippen LogP contribution is 2.34. The van der Waals surface area contributed by atoms with Gasteiger partial charge in [-0.25, -0.2) is 13.2 Å². The molecule has 0 N–H and O–H groups in total. The van der Waals surface area contributed by atoms with Crippen molar-refractivity contribution in [3.63, 3.8) is 0 Å². The number of anilines is 1. The highest BCUT2D eigenvalue weighted by Gasteiger charge is 2.52. The van der Waals surface area contributed by atoms with Gasteiger partial charge in [0.05, 0.1) is 5.69 Å². The van der Waals surface area contributed by atoms with Gasteiger partial charge in [-0.15, -0.1) is 0 Å². The van der Waals surface area contributed by atoms with Gasteiger partial charge in [0.1, 0.15) is 5.82 Å². The van der Waals surface area contributed by atoms with Crippen LogP contribution in [0.15, 0.2) is 18.2 Å². The molecule has 1 aromatic rings. The highest BCUT2D eigenvalue weighted by molar-refractivity contribution is 6.00. The highest BCUT2D eigenvalue weighted by atomic mass is 19.3. The summed E-state index contributed by atoms with van der Waals surface area (Å²) >= 11 is 0. The van der Waals surface area contributed by atoms with E-state index in [2.05, 4.69) is 0 Å². The van der Waals surface area contributed by atoms with E-state index in [4.69, 9.17) is 0 Å². The zero-order valence-corrected chi connectivity index (χ0v) is 8.97. The van der Waals surface area contributed by atoms with Gasteiger partial charge in [-0.05, 0) is 24.1 Å². The van der Waals surface area contributed by atoms with Crippen molar-refractivity contribution in [1.82, 2.24) is 0 Å². The minimum atomic E-state index is -4.76. The Balaban J connectivity index is 2.34. The third-order valence-electron chi connectivity index (χ3n) is 2.75. The minimum Gasteiger partial charge on any atom is -0.306 e. The second-order valence-electron chi connectivity index (χ2n) is 3.90. The van der Waals surface area contributed by atoms with Gasteiger partial charge in [-0.1, -0.05) is 6.07 Å². The number of rotatable bonds is 2. The lowest BCUT2D eigenvalue weighted by Crippen LogP contribution is -2.47. The Labute approximate surface area is 99.0 Å². The van der Waals surface area contributed by atoms with Crippen molar-refractivity contribution < 1.29 is 26.7 Å². The van der Waals surface area contributed by atoms with Crippen molar-refractivity contribution in [2.75, 3.05) is 11.4 Å². The van der Waals surface area contributed by atoms with Crippen molar-refractivity contribution in [3.8, 4) is 0 Å². The van der Waals surface area contributed by atoms with Gasteiger partial charge >= 0.3 is 18.3 Å². The van der Waals surface area contributed by atoms with E-state index in [-0.39, 0.29) is 18.7 Å². The number of fused-ring (bicyclic) bond motifs is 1. The molecule has 0 spiro atoms. The third kappa shape index (κ3) is 1.93. The SMILES string of the molecule is O=C(N1CCc2ccc(F)cc21)C(F)(F)C(F)F. The first-order chi connectivity index (χ1) is 8.34. The molecule has 0 saturated carbocycles. The van der Waals surface area contributed by atoms with Gasteiger partial charge in [0.2, 0.25) is 0 Å². The number of hydrogen-bond acceptors (Lipinski definition) is 1. The molecule has 0 saturated heterocycles. The Morgan fingerprint density at radius 2 is 2.00 bits per heavy atom. The van der Waals surface area contributed by atoms with Crippen LogP contribution in [-0.4, -0.2) is 24.8 Å². The molecule has 1 aliphatic heterocycles. The first-order valence-corrected chi connectivity index (χ1v) is 5.10. The molecule has 2 nitrogen and oxygen atoms in total. The second-order valence-corrected chi connectivity index (χ2v) is 3.90. The fourth-order valence-corrected chi connectivity index (χ4v) is 1.84. The smallest absolute Gasteiger partial charge is 0.306 e. The van der Waals surface area contributed by atoms with E-state index >= 15 is 0 Å². The van der Waals surface area contributed by atoms with E-state index in [1.54, 1.807) is 0 Å². The number of carbonyl (C=O) groups excluding carboxylic acids is 1. The van der Waals surface area contributed by atoms with Crippen LogP contribution in [0.4, 0.5) is 27.6 Å². The maximum Gasteiger partial charge on any atom is 0.384 e. The summed E-state index contributed by atoms with van der Waals surface area (Å²) in [6.45, 7) is -0.153. The van der Waals surface area contributed by atoms with E-state index in [1.807, 2.05) is 0 Å². The lowest BCUT2D eigenvalue weighted by atomic mass is 10.1. The molecule has 0 unspecified atom stereocenters. The van der Waals surface area contributed by atoms with Gasteiger partial charge in [0.15, 0.2) is 0 Å². The zero-order chi connectivity index (χ0) is 13.5. The summed E-state index contributed by atoms with van der Waals surface area (Å²) in [4.78, 5) is 11.9. The van der Waals surface area contributed by atoms with Crippen LogP contribution in [0.3, 0.4) is 0 Å². The largest absolute Gasteiger partial charge is 0.384 e. The molecule has 2 rings (SSSR count). The van der Waals surface area contributed by atoms with Crippen molar-refractivity contribution in [3.05, 3.63) is 29.6 Å². The lowest BCUT2D eigenvalue weighted by Gasteiger charge is -2.22. The second kappa shape index (κ2) is 4.22. The molecule has 1 aliphatic rings. The fraction of sp³-hybridized carbons (Fsp3) is 0.364. The molecular weight excluding hydrogens is 257 g/mol. The molecule has 1 amide bonds. The lowest BCUT2D eigenvalue weighted by molar-refractivity contribution is -0.166. The number of carbonyl (C=O) groups is 1. The summed E-state index contributed by atoms with van der Waals surface area (Å²) in [7, 11) is 0. The van der Waals surface area contributed by atoms with Crippen LogP contribution in [0.25, 0.3) is 0 Å². The summed E-state index contributed by atoms with van der Waals surface area (Å²) < 4.78 is 63.1. The number of hydrogen-bond donors (Lipinski definition) is 0. The van der Waals surface area contributed by atoms with Gasteiger partial charge < -0.3 is 4.90 Å². The molecular formula is C11H8F5NO. The quantitative estimate of drug-likeness (QED) is 0.753. The summed E-state index contributed by atoms with van der Waals surface area (Å²) in [5, 5.41) is 0. The van der Waals surface area contributed by atoms with Crippen molar-refractivity contribution in [1.29, 1.82) is 0 Å². The van der Waals surface area contributed by atoms with Gasteiger partial charge in [-0.3, -0.25) is 4.79 Å². The van der Waals surface area contributed by atoms with Gasteiger partial charge in [0.25, 0.3) is 0 Å². The molecule has 0 atom stereocenters. The van der Waals surface area contributed by atoms with Crippen molar-refractivity contribution >= 4 is 11.6 Å². The summed E-state index contributed by atoms with van der Waals surface area (Å²) in [5.41, 5.74) is 0.412. The normalized spacial score (nSPS) is 15.1. The molecule has 0 aliphatic carbocycles. The van der Waals surface area contributed by atoms with Gasteiger partial charge in [-0.2, -0.15) is 8.78 Å². The standard InChI is InChI=1S/C11H8F5NO/c12-7-2-1-6-3-4-17(8(6)5-7)10(18)11(15,16)9(13)14/h1-2,5,9H,3-4H2. The predicted molar refractivity (Wildman–Crippen MR) is 53.4 cm³/mol. The van der Waals surface area contributed by atoms with Crippen molar-refractivity contribution in [2.45, 2.75) is 18.8 Å². The van der Waals surface area contributed by atoms with Gasteiger partial charge in [0, 0.05) is 6.54 Å². The van der Waals surface area contributed by atoms with E-state index in [9.17, 15) is 26.7 Å². The minimum absolute atomic E-state index is 0.0691. The molecule has 0 bridgehead atoms. The number of benzene rings is 1. The summed E-state index contributed by atoms with van der Waals surface area (Å²) in [5.74, 6) is -7.47. The van der Waals surface area contributed by atoms with E-state index in [0.29, 0.717) is 10.5 Å². The van der Waals surface area contributed by atoms with Crippen LogP contribution in [0, 0.1) is 5.82 Å². The molecule has 18 heavy (non-hydrogen) atoms. The van der Waals surface area contributed by atoms with E-state index in [0.717, 1.165) is 12.1 Å². The zero-order valence-electron chi connectivity index (χ0n) is 8.97.